The van der Waals surface area contributed by atoms with Gasteiger partial charge in [-0.05, 0) is 31.0 Å². The van der Waals surface area contributed by atoms with Crippen molar-refractivity contribution in [2.75, 3.05) is 19.0 Å². The fourth-order valence-corrected chi connectivity index (χ4v) is 4.09. The molecule has 3 aliphatic rings. The molecule has 0 saturated carbocycles. The van der Waals surface area contributed by atoms with Crippen molar-refractivity contribution in [3.8, 4) is 0 Å². The standard InChI is InChI=1S/C16H18N2O3/c1-20-15(19)21-12-6-7-13-16(8-9-17-13)10-4-2-3-5-11(10)18-14(12)16/h2-5,13,17-18H,6-9H2,1H3. The predicted molar refractivity (Wildman–Crippen MR) is 77.9 cm³/mol. The van der Waals surface area contributed by atoms with Gasteiger partial charge in [-0.1, -0.05) is 18.2 Å². The minimum Gasteiger partial charge on any atom is -0.437 e. The third-order valence-electron chi connectivity index (χ3n) is 4.93. The molecule has 5 heteroatoms. The molecular weight excluding hydrogens is 268 g/mol. The molecule has 1 saturated heterocycles. The van der Waals surface area contributed by atoms with E-state index in [1.807, 2.05) is 6.07 Å². The molecule has 1 aromatic rings. The molecule has 0 amide bonds. The van der Waals surface area contributed by atoms with Crippen molar-refractivity contribution >= 4 is 11.8 Å². The largest absolute Gasteiger partial charge is 0.513 e. The quantitative estimate of drug-likeness (QED) is 0.777. The van der Waals surface area contributed by atoms with E-state index in [2.05, 4.69) is 33.6 Å². The first-order chi connectivity index (χ1) is 10.3. The fourth-order valence-electron chi connectivity index (χ4n) is 4.09. The number of rotatable bonds is 1. The van der Waals surface area contributed by atoms with Crippen molar-refractivity contribution in [2.24, 2.45) is 0 Å². The Kier molecular flexibility index (Phi) is 2.72. The Balaban J connectivity index is 1.85. The van der Waals surface area contributed by atoms with Gasteiger partial charge < -0.3 is 20.1 Å². The molecule has 2 N–H and O–H groups in total. The van der Waals surface area contributed by atoms with Crippen molar-refractivity contribution in [3.05, 3.63) is 41.3 Å². The van der Waals surface area contributed by atoms with Crippen LogP contribution in [0.5, 0.6) is 0 Å². The monoisotopic (exact) mass is 286 g/mol. The predicted octanol–water partition coefficient (Wildman–Crippen LogP) is 2.50. The lowest BCUT2D eigenvalue weighted by Crippen LogP contribution is -2.44. The van der Waals surface area contributed by atoms with Gasteiger partial charge >= 0.3 is 6.16 Å². The first-order valence-corrected chi connectivity index (χ1v) is 7.35. The highest BCUT2D eigenvalue weighted by Crippen LogP contribution is 2.54. The lowest BCUT2D eigenvalue weighted by atomic mass is 9.69. The van der Waals surface area contributed by atoms with Crippen LogP contribution >= 0.6 is 0 Å². The van der Waals surface area contributed by atoms with Crippen LogP contribution in [0.15, 0.2) is 35.7 Å². The zero-order valence-electron chi connectivity index (χ0n) is 11.9. The second-order valence-electron chi connectivity index (χ2n) is 5.79. The maximum Gasteiger partial charge on any atom is 0.513 e. The van der Waals surface area contributed by atoms with E-state index in [1.54, 1.807) is 0 Å². The van der Waals surface area contributed by atoms with Gasteiger partial charge in [0.1, 0.15) is 5.76 Å². The summed E-state index contributed by atoms with van der Waals surface area (Å²) in [5, 5.41) is 7.09. The second kappa shape index (κ2) is 4.49. The first kappa shape index (κ1) is 12.7. The molecule has 21 heavy (non-hydrogen) atoms. The van der Waals surface area contributed by atoms with Crippen LogP contribution in [0, 0.1) is 0 Å². The van der Waals surface area contributed by atoms with Gasteiger partial charge in [0.2, 0.25) is 0 Å². The Morgan fingerprint density at radius 3 is 3.10 bits per heavy atom. The van der Waals surface area contributed by atoms with E-state index in [9.17, 15) is 4.79 Å². The van der Waals surface area contributed by atoms with E-state index in [-0.39, 0.29) is 5.41 Å². The highest BCUT2D eigenvalue weighted by atomic mass is 16.7. The molecule has 1 fully saturated rings. The minimum absolute atomic E-state index is 0.0851. The number of hydrogen-bond donors (Lipinski definition) is 2. The minimum atomic E-state index is -0.644. The normalized spacial score (nSPS) is 29.3. The van der Waals surface area contributed by atoms with Gasteiger partial charge in [0.25, 0.3) is 0 Å². The zero-order valence-corrected chi connectivity index (χ0v) is 11.9. The number of benzene rings is 1. The van der Waals surface area contributed by atoms with Crippen LogP contribution in [0.4, 0.5) is 10.5 Å². The number of para-hydroxylation sites is 1. The van der Waals surface area contributed by atoms with E-state index < -0.39 is 6.16 Å². The number of fused-ring (bicyclic) bond motifs is 1. The van der Waals surface area contributed by atoms with E-state index in [0.717, 1.165) is 43.0 Å². The summed E-state index contributed by atoms with van der Waals surface area (Å²) in [6, 6.07) is 8.76. The summed E-state index contributed by atoms with van der Waals surface area (Å²) in [6.07, 6.45) is 2.08. The summed E-state index contributed by atoms with van der Waals surface area (Å²) in [6.45, 7) is 0.982. The molecule has 4 rings (SSSR count). The molecule has 1 aromatic carbocycles. The summed E-state index contributed by atoms with van der Waals surface area (Å²) in [4.78, 5) is 11.5. The Bertz CT molecular complexity index is 640. The highest BCUT2D eigenvalue weighted by Gasteiger charge is 2.55. The third-order valence-corrected chi connectivity index (χ3v) is 4.93. The smallest absolute Gasteiger partial charge is 0.437 e. The maximum absolute atomic E-state index is 11.5. The van der Waals surface area contributed by atoms with Gasteiger partial charge in [-0.2, -0.15) is 0 Å². The average Bonchev–Trinajstić information content (AvgIpc) is 3.08. The number of nitrogens with one attached hydrogen (secondary N) is 2. The third kappa shape index (κ3) is 1.64. The van der Waals surface area contributed by atoms with Crippen LogP contribution < -0.4 is 10.6 Å². The Morgan fingerprint density at radius 1 is 1.38 bits per heavy atom. The van der Waals surface area contributed by atoms with E-state index in [1.165, 1.54) is 12.7 Å². The maximum atomic E-state index is 11.5. The summed E-state index contributed by atoms with van der Waals surface area (Å²) in [7, 11) is 1.34. The molecule has 0 radical (unpaired) electrons. The number of methoxy groups -OCH3 is 1. The fraction of sp³-hybridized carbons (Fsp3) is 0.438. The van der Waals surface area contributed by atoms with Crippen LogP contribution in [-0.2, 0) is 14.9 Å². The number of carbonyl (C=O) groups is 1. The number of carbonyl (C=O) groups excluding carboxylic acids is 1. The van der Waals surface area contributed by atoms with Crippen LogP contribution in [0.2, 0.25) is 0 Å². The van der Waals surface area contributed by atoms with Crippen LogP contribution in [0.3, 0.4) is 0 Å². The number of hydrogen-bond acceptors (Lipinski definition) is 5. The number of allylic oxidation sites excluding steroid dienone is 1. The molecule has 0 bridgehead atoms. The summed E-state index contributed by atoms with van der Waals surface area (Å²) in [5.74, 6) is 0.720. The van der Waals surface area contributed by atoms with Crippen molar-refractivity contribution in [3.63, 3.8) is 0 Å². The molecule has 2 atom stereocenters. The SMILES string of the molecule is COC(=O)OC1=C2Nc3ccccc3C23CCNC3CC1. The highest BCUT2D eigenvalue weighted by molar-refractivity contribution is 5.72. The number of anilines is 1. The van der Waals surface area contributed by atoms with Crippen LogP contribution in [-0.4, -0.2) is 25.9 Å². The van der Waals surface area contributed by atoms with Crippen LogP contribution in [0.25, 0.3) is 0 Å². The Labute approximate surface area is 123 Å². The molecular formula is C16H18N2O3. The average molecular weight is 286 g/mol. The van der Waals surface area contributed by atoms with Crippen molar-refractivity contribution in [1.82, 2.24) is 5.32 Å². The van der Waals surface area contributed by atoms with Crippen molar-refractivity contribution in [1.29, 1.82) is 0 Å². The lowest BCUT2D eigenvalue weighted by Gasteiger charge is -2.37. The summed E-state index contributed by atoms with van der Waals surface area (Å²) in [5.41, 5.74) is 3.38. The van der Waals surface area contributed by atoms with Gasteiger partial charge in [0, 0.05) is 18.2 Å². The zero-order chi connectivity index (χ0) is 14.4. The molecule has 110 valence electrons. The van der Waals surface area contributed by atoms with Gasteiger partial charge in [0.15, 0.2) is 0 Å². The molecule has 2 heterocycles. The number of ether oxygens (including phenoxy) is 2. The molecule has 2 unspecified atom stereocenters. The molecule has 5 nitrogen and oxygen atoms in total. The van der Waals surface area contributed by atoms with Gasteiger partial charge in [-0.25, -0.2) is 4.79 Å². The summed E-state index contributed by atoms with van der Waals surface area (Å²) < 4.78 is 10.1. The molecule has 2 aliphatic heterocycles. The Morgan fingerprint density at radius 2 is 2.24 bits per heavy atom. The first-order valence-electron chi connectivity index (χ1n) is 7.35. The second-order valence-corrected chi connectivity index (χ2v) is 5.79. The van der Waals surface area contributed by atoms with Gasteiger partial charge in [0.05, 0.1) is 18.2 Å². The van der Waals surface area contributed by atoms with Crippen molar-refractivity contribution < 1.29 is 14.3 Å². The molecule has 1 spiro atoms. The van der Waals surface area contributed by atoms with Crippen LogP contribution in [0.1, 0.15) is 24.8 Å². The molecule has 0 aromatic heterocycles. The molecule has 1 aliphatic carbocycles. The summed E-state index contributed by atoms with van der Waals surface area (Å²) >= 11 is 0. The van der Waals surface area contributed by atoms with E-state index >= 15 is 0 Å². The van der Waals surface area contributed by atoms with Gasteiger partial charge in [-0.15, -0.1) is 0 Å². The van der Waals surface area contributed by atoms with Gasteiger partial charge in [-0.3, -0.25) is 0 Å². The van der Waals surface area contributed by atoms with E-state index in [0.29, 0.717) is 6.04 Å². The van der Waals surface area contributed by atoms with E-state index in [4.69, 9.17) is 4.74 Å². The Hall–Kier alpha value is -2.01. The van der Waals surface area contributed by atoms with Crippen molar-refractivity contribution in [2.45, 2.75) is 30.7 Å². The topological polar surface area (TPSA) is 59.6 Å². The lowest BCUT2D eigenvalue weighted by molar-refractivity contribution is 0.0902.